The summed E-state index contributed by atoms with van der Waals surface area (Å²) >= 11 is 1.81. The van der Waals surface area contributed by atoms with Crippen LogP contribution in [0, 0.1) is 0 Å². The molecule has 1 rings (SSSR count). The fourth-order valence-electron chi connectivity index (χ4n) is 0.632. The number of hydrogen-bond acceptors (Lipinski definition) is 2. The Morgan fingerprint density at radius 2 is 2.56 bits per heavy atom. The van der Waals surface area contributed by atoms with E-state index < -0.39 is 0 Å². The highest BCUT2D eigenvalue weighted by Crippen LogP contribution is 2.14. The minimum atomic E-state index is 1.11. The van der Waals surface area contributed by atoms with E-state index >= 15 is 0 Å². The average Bonchev–Trinajstić information content (AvgIpc) is 2.18. The second-order valence-corrected chi connectivity index (χ2v) is 3.06. The molecule has 50 valence electrons. The first-order chi connectivity index (χ1) is 4.34. The van der Waals surface area contributed by atoms with Crippen LogP contribution in [0.3, 0.4) is 0 Å². The van der Waals surface area contributed by atoms with Crippen molar-refractivity contribution < 1.29 is 0 Å². The average molecular weight is 142 g/mol. The highest BCUT2D eigenvalue weighted by Gasteiger charge is 1.93. The lowest BCUT2D eigenvalue weighted by Crippen LogP contribution is -1.85. The molecule has 0 fully saturated rings. The molecule has 3 heteroatoms. The molecule has 2 nitrogen and oxygen atoms in total. The quantitative estimate of drug-likeness (QED) is 0.583. The topological polar surface area (TPSA) is 17.8 Å². The normalized spacial score (nSPS) is 10.0. The third kappa shape index (κ3) is 1.48. The van der Waals surface area contributed by atoms with Gasteiger partial charge in [0.15, 0.2) is 0 Å². The van der Waals surface area contributed by atoms with E-state index in [1.165, 1.54) is 5.03 Å². The number of aryl methyl sites for hydroxylation is 1. The van der Waals surface area contributed by atoms with Crippen LogP contribution in [0.1, 0.15) is 6.92 Å². The molecule has 0 N–H and O–H groups in total. The van der Waals surface area contributed by atoms with Crippen molar-refractivity contribution >= 4 is 11.8 Å². The highest BCUT2D eigenvalue weighted by molar-refractivity contribution is 7.99. The maximum absolute atomic E-state index is 3.98. The van der Waals surface area contributed by atoms with Crippen molar-refractivity contribution in [1.82, 2.24) is 9.55 Å². The van der Waals surface area contributed by atoms with E-state index in [-0.39, 0.29) is 0 Å². The van der Waals surface area contributed by atoms with Gasteiger partial charge in [0.05, 0.1) is 17.6 Å². The van der Waals surface area contributed by atoms with Crippen molar-refractivity contribution in [3.8, 4) is 0 Å². The summed E-state index contributed by atoms with van der Waals surface area (Å²) in [7, 11) is 2.00. The summed E-state index contributed by atoms with van der Waals surface area (Å²) in [5.74, 6) is 1.11. The molecular formula is C6H10N2S. The lowest BCUT2D eigenvalue weighted by atomic mass is 10.9. The van der Waals surface area contributed by atoms with Crippen LogP contribution < -0.4 is 0 Å². The molecule has 1 aromatic heterocycles. The van der Waals surface area contributed by atoms with Gasteiger partial charge < -0.3 is 4.57 Å². The predicted molar refractivity (Wildman–Crippen MR) is 39.6 cm³/mol. The molecule has 0 aliphatic heterocycles. The molecule has 0 spiro atoms. The molecule has 0 aliphatic carbocycles. The minimum absolute atomic E-state index is 1.11. The molecule has 9 heavy (non-hydrogen) atoms. The van der Waals surface area contributed by atoms with Crippen LogP contribution in [0.5, 0.6) is 0 Å². The van der Waals surface area contributed by atoms with E-state index in [0.717, 1.165) is 5.75 Å². The predicted octanol–water partition coefficient (Wildman–Crippen LogP) is 1.53. The molecule has 0 saturated heterocycles. The summed E-state index contributed by atoms with van der Waals surface area (Å²) in [6.07, 6.45) is 3.70. The Morgan fingerprint density at radius 1 is 1.78 bits per heavy atom. The van der Waals surface area contributed by atoms with Gasteiger partial charge in [-0.1, -0.05) is 6.92 Å². The second kappa shape index (κ2) is 2.92. The van der Waals surface area contributed by atoms with Gasteiger partial charge in [0, 0.05) is 7.05 Å². The zero-order valence-corrected chi connectivity index (χ0v) is 6.48. The molecular weight excluding hydrogens is 132 g/mol. The zero-order valence-electron chi connectivity index (χ0n) is 5.66. The van der Waals surface area contributed by atoms with E-state index in [0.29, 0.717) is 0 Å². The van der Waals surface area contributed by atoms with Gasteiger partial charge in [-0.2, -0.15) is 0 Å². The number of thioether (sulfide) groups is 1. The van der Waals surface area contributed by atoms with Crippen LogP contribution in [0.25, 0.3) is 0 Å². The van der Waals surface area contributed by atoms with Gasteiger partial charge >= 0.3 is 0 Å². The van der Waals surface area contributed by atoms with Crippen molar-refractivity contribution in [3.63, 3.8) is 0 Å². The molecule has 0 amide bonds. The summed E-state index contributed by atoms with van der Waals surface area (Å²) in [6, 6.07) is 0. The van der Waals surface area contributed by atoms with Crippen LogP contribution in [0.2, 0.25) is 0 Å². The van der Waals surface area contributed by atoms with E-state index in [9.17, 15) is 0 Å². The van der Waals surface area contributed by atoms with Crippen molar-refractivity contribution in [2.24, 2.45) is 7.05 Å². The maximum Gasteiger partial charge on any atom is 0.0952 e. The lowest BCUT2D eigenvalue weighted by Gasteiger charge is -1.95. The Kier molecular flexibility index (Phi) is 2.16. The van der Waals surface area contributed by atoms with Crippen molar-refractivity contribution in [2.45, 2.75) is 11.9 Å². The largest absolute Gasteiger partial charge is 0.329 e. The van der Waals surface area contributed by atoms with Gasteiger partial charge in [0.2, 0.25) is 0 Å². The van der Waals surface area contributed by atoms with Crippen molar-refractivity contribution in [2.75, 3.05) is 5.75 Å². The van der Waals surface area contributed by atoms with E-state index in [1.54, 1.807) is 0 Å². The van der Waals surface area contributed by atoms with Gasteiger partial charge in [-0.3, -0.25) is 0 Å². The minimum Gasteiger partial charge on any atom is -0.329 e. The van der Waals surface area contributed by atoms with Crippen LogP contribution in [0.15, 0.2) is 17.6 Å². The maximum atomic E-state index is 3.98. The van der Waals surface area contributed by atoms with Gasteiger partial charge in [-0.25, -0.2) is 4.98 Å². The summed E-state index contributed by atoms with van der Waals surface area (Å²) in [4.78, 5) is 3.98. The molecule has 0 bridgehead atoms. The Morgan fingerprint density at radius 3 is 3.00 bits per heavy atom. The smallest absolute Gasteiger partial charge is 0.0952 e. The standard InChI is InChI=1S/C6H10N2S/c1-3-9-6-4-7-5-8(6)2/h4-5H,3H2,1-2H3. The second-order valence-electron chi connectivity index (χ2n) is 1.78. The molecule has 0 radical (unpaired) electrons. The number of imidazole rings is 1. The first-order valence-corrected chi connectivity index (χ1v) is 3.92. The van der Waals surface area contributed by atoms with Crippen molar-refractivity contribution in [3.05, 3.63) is 12.5 Å². The Hall–Kier alpha value is -0.440. The highest BCUT2D eigenvalue weighted by atomic mass is 32.2. The van der Waals surface area contributed by atoms with Gasteiger partial charge in [-0.15, -0.1) is 11.8 Å². The molecule has 1 heterocycles. The third-order valence-corrected chi connectivity index (χ3v) is 2.04. The van der Waals surface area contributed by atoms with Crippen LogP contribution in [0.4, 0.5) is 0 Å². The van der Waals surface area contributed by atoms with Crippen LogP contribution >= 0.6 is 11.8 Å². The molecule has 1 aromatic rings. The van der Waals surface area contributed by atoms with Gasteiger partial charge in [0.1, 0.15) is 0 Å². The van der Waals surface area contributed by atoms with Gasteiger partial charge in [-0.05, 0) is 5.75 Å². The molecule has 0 atom stereocenters. The number of hydrogen-bond donors (Lipinski definition) is 0. The molecule has 0 aliphatic rings. The Bertz CT molecular complexity index is 183. The lowest BCUT2D eigenvalue weighted by molar-refractivity contribution is 0.824. The first kappa shape index (κ1) is 6.68. The number of aromatic nitrogens is 2. The number of rotatable bonds is 2. The first-order valence-electron chi connectivity index (χ1n) is 2.93. The van der Waals surface area contributed by atoms with Gasteiger partial charge in [0.25, 0.3) is 0 Å². The summed E-state index contributed by atoms with van der Waals surface area (Å²) in [5.41, 5.74) is 0. The zero-order chi connectivity index (χ0) is 6.69. The molecule has 0 saturated carbocycles. The van der Waals surface area contributed by atoms with E-state index in [1.807, 2.05) is 35.9 Å². The van der Waals surface area contributed by atoms with Crippen molar-refractivity contribution in [1.29, 1.82) is 0 Å². The fourth-order valence-corrected chi connectivity index (χ4v) is 1.31. The SMILES string of the molecule is CCSc1cncn1C. The summed E-state index contributed by atoms with van der Waals surface area (Å²) in [6.45, 7) is 2.14. The summed E-state index contributed by atoms with van der Waals surface area (Å²) < 4.78 is 2.02. The fraction of sp³-hybridized carbons (Fsp3) is 0.500. The molecule has 0 aromatic carbocycles. The Labute approximate surface area is 59.3 Å². The molecule has 0 unspecified atom stereocenters. The van der Waals surface area contributed by atoms with E-state index in [2.05, 4.69) is 11.9 Å². The van der Waals surface area contributed by atoms with E-state index in [4.69, 9.17) is 0 Å². The Balaban J connectivity index is 2.69. The third-order valence-electron chi connectivity index (χ3n) is 1.06. The number of nitrogens with zero attached hydrogens (tertiary/aromatic N) is 2. The van der Waals surface area contributed by atoms with Crippen LogP contribution in [-0.4, -0.2) is 15.3 Å². The summed E-state index contributed by atoms with van der Waals surface area (Å²) in [5, 5.41) is 1.23. The van der Waals surface area contributed by atoms with Crippen LogP contribution in [-0.2, 0) is 7.05 Å². The monoisotopic (exact) mass is 142 g/mol.